The maximum atomic E-state index is 6.15. The molecule has 0 saturated heterocycles. The van der Waals surface area contributed by atoms with Gasteiger partial charge in [0.1, 0.15) is 0 Å². The Morgan fingerprint density at radius 2 is 1.94 bits per heavy atom. The van der Waals surface area contributed by atoms with Gasteiger partial charge in [0.25, 0.3) is 0 Å². The van der Waals surface area contributed by atoms with Crippen molar-refractivity contribution < 1.29 is 0 Å². The quantitative estimate of drug-likeness (QED) is 0.820. The van der Waals surface area contributed by atoms with Crippen LogP contribution < -0.4 is 5.73 Å². The van der Waals surface area contributed by atoms with E-state index >= 15 is 0 Å². The van der Waals surface area contributed by atoms with Crippen LogP contribution in [0.2, 0.25) is 5.02 Å². The Hall–Kier alpha value is -0.570. The van der Waals surface area contributed by atoms with Crippen molar-refractivity contribution in [3.8, 4) is 0 Å². The van der Waals surface area contributed by atoms with Crippen molar-refractivity contribution in [3.05, 3.63) is 34.9 Å². The Morgan fingerprint density at radius 1 is 1.28 bits per heavy atom. The lowest BCUT2D eigenvalue weighted by Gasteiger charge is -2.24. The molecule has 3 heteroatoms. The summed E-state index contributed by atoms with van der Waals surface area (Å²) < 4.78 is 0. The van der Waals surface area contributed by atoms with Crippen molar-refractivity contribution in [2.45, 2.75) is 33.2 Å². The van der Waals surface area contributed by atoms with E-state index in [0.717, 1.165) is 31.1 Å². The van der Waals surface area contributed by atoms with Gasteiger partial charge in [-0.25, -0.2) is 0 Å². The zero-order valence-corrected chi connectivity index (χ0v) is 12.5. The van der Waals surface area contributed by atoms with E-state index in [4.69, 9.17) is 17.3 Å². The Labute approximate surface area is 116 Å². The topological polar surface area (TPSA) is 29.3 Å². The van der Waals surface area contributed by atoms with Crippen LogP contribution in [0.15, 0.2) is 24.3 Å². The minimum absolute atomic E-state index is 0.255. The molecular formula is C15H25ClN2. The third-order valence-electron chi connectivity index (χ3n) is 3.34. The van der Waals surface area contributed by atoms with E-state index in [1.807, 2.05) is 18.2 Å². The van der Waals surface area contributed by atoms with Crippen LogP contribution in [-0.4, -0.2) is 25.0 Å². The zero-order valence-electron chi connectivity index (χ0n) is 11.7. The van der Waals surface area contributed by atoms with Gasteiger partial charge in [0, 0.05) is 11.6 Å². The summed E-state index contributed by atoms with van der Waals surface area (Å²) >= 11 is 6.15. The second kappa shape index (κ2) is 7.13. The first-order valence-electron chi connectivity index (χ1n) is 6.56. The van der Waals surface area contributed by atoms with Gasteiger partial charge in [-0.3, -0.25) is 0 Å². The number of benzene rings is 1. The molecule has 0 aliphatic heterocycles. The highest BCUT2D eigenvalue weighted by atomic mass is 35.5. The molecule has 1 aromatic rings. The molecule has 2 nitrogen and oxygen atoms in total. The number of hydrogen-bond donors (Lipinski definition) is 1. The number of nitrogens with two attached hydrogens (primary N) is 1. The van der Waals surface area contributed by atoms with Gasteiger partial charge in [-0.15, -0.1) is 0 Å². The molecule has 0 spiro atoms. The number of halogens is 1. The maximum Gasteiger partial charge on any atom is 0.0451 e. The molecule has 0 heterocycles. The highest BCUT2D eigenvalue weighted by Gasteiger charge is 2.15. The lowest BCUT2D eigenvalue weighted by Crippen LogP contribution is -2.26. The van der Waals surface area contributed by atoms with Gasteiger partial charge in [0.15, 0.2) is 0 Å². The fourth-order valence-corrected chi connectivity index (χ4v) is 2.12. The summed E-state index contributed by atoms with van der Waals surface area (Å²) in [5, 5.41) is 0.853. The summed E-state index contributed by atoms with van der Waals surface area (Å²) in [4.78, 5) is 2.31. The average Bonchev–Trinajstić information content (AvgIpc) is 2.32. The van der Waals surface area contributed by atoms with E-state index in [9.17, 15) is 0 Å². The molecule has 0 radical (unpaired) electrons. The van der Waals surface area contributed by atoms with Crippen LogP contribution in [0.25, 0.3) is 0 Å². The first-order valence-corrected chi connectivity index (χ1v) is 6.94. The van der Waals surface area contributed by atoms with E-state index in [1.54, 1.807) is 0 Å². The first-order chi connectivity index (χ1) is 8.44. The molecule has 0 amide bonds. The second-order valence-electron chi connectivity index (χ2n) is 5.80. The van der Waals surface area contributed by atoms with Crippen LogP contribution in [0, 0.1) is 5.41 Å². The van der Waals surface area contributed by atoms with Crippen molar-refractivity contribution in [1.82, 2.24) is 4.90 Å². The van der Waals surface area contributed by atoms with E-state index in [0.29, 0.717) is 0 Å². The first kappa shape index (κ1) is 15.5. The normalized spacial score (nSPS) is 12.1. The third-order valence-corrected chi connectivity index (χ3v) is 3.71. The maximum absolute atomic E-state index is 6.15. The number of rotatable bonds is 7. The van der Waals surface area contributed by atoms with E-state index < -0.39 is 0 Å². The molecule has 0 saturated carbocycles. The predicted octanol–water partition coefficient (Wildman–Crippen LogP) is 3.54. The summed E-state index contributed by atoms with van der Waals surface area (Å²) in [7, 11) is 2.14. The fourth-order valence-electron chi connectivity index (χ4n) is 1.93. The lowest BCUT2D eigenvalue weighted by molar-refractivity contribution is 0.273. The van der Waals surface area contributed by atoms with Gasteiger partial charge in [-0.1, -0.05) is 43.6 Å². The van der Waals surface area contributed by atoms with Crippen LogP contribution in [0.1, 0.15) is 32.3 Å². The van der Waals surface area contributed by atoms with Crippen molar-refractivity contribution in [2.75, 3.05) is 20.1 Å². The second-order valence-corrected chi connectivity index (χ2v) is 6.21. The molecule has 1 rings (SSSR count). The van der Waals surface area contributed by atoms with Gasteiger partial charge in [-0.2, -0.15) is 0 Å². The smallest absolute Gasteiger partial charge is 0.0451 e. The minimum atomic E-state index is 0.255. The Balaban J connectivity index is 2.34. The van der Waals surface area contributed by atoms with Crippen LogP contribution >= 0.6 is 11.6 Å². The molecule has 0 aromatic heterocycles. The Kier molecular flexibility index (Phi) is 6.13. The molecule has 0 aliphatic rings. The fraction of sp³-hybridized carbons (Fsp3) is 0.600. The van der Waals surface area contributed by atoms with E-state index in [-0.39, 0.29) is 5.41 Å². The predicted molar refractivity (Wildman–Crippen MR) is 79.9 cm³/mol. The van der Waals surface area contributed by atoms with Crippen LogP contribution in [0.5, 0.6) is 0 Å². The summed E-state index contributed by atoms with van der Waals surface area (Å²) in [5.41, 5.74) is 7.18. The number of nitrogens with zero attached hydrogens (tertiary/aromatic N) is 1. The van der Waals surface area contributed by atoms with Crippen LogP contribution in [0.4, 0.5) is 0 Å². The molecule has 0 unspecified atom stereocenters. The SMILES string of the molecule is CN(CCCC(C)(C)CN)Cc1ccccc1Cl. The van der Waals surface area contributed by atoms with Gasteiger partial charge >= 0.3 is 0 Å². The molecule has 0 bridgehead atoms. The molecule has 0 aliphatic carbocycles. The van der Waals surface area contributed by atoms with Crippen molar-refractivity contribution in [3.63, 3.8) is 0 Å². The number of hydrogen-bond acceptors (Lipinski definition) is 2. The van der Waals surface area contributed by atoms with Crippen LogP contribution in [-0.2, 0) is 6.54 Å². The minimum Gasteiger partial charge on any atom is -0.330 e. The van der Waals surface area contributed by atoms with Gasteiger partial charge in [-0.05, 0) is 50.0 Å². The summed E-state index contributed by atoms with van der Waals surface area (Å²) in [6.07, 6.45) is 2.33. The van der Waals surface area contributed by atoms with Crippen molar-refractivity contribution in [2.24, 2.45) is 11.1 Å². The van der Waals surface area contributed by atoms with E-state index in [1.165, 1.54) is 12.0 Å². The van der Waals surface area contributed by atoms with Crippen LogP contribution in [0.3, 0.4) is 0 Å². The molecular weight excluding hydrogens is 244 g/mol. The highest BCUT2D eigenvalue weighted by Crippen LogP contribution is 2.21. The largest absolute Gasteiger partial charge is 0.330 e. The van der Waals surface area contributed by atoms with E-state index in [2.05, 4.69) is 31.9 Å². The molecule has 0 atom stereocenters. The zero-order chi connectivity index (χ0) is 13.6. The summed E-state index contributed by atoms with van der Waals surface area (Å²) in [6.45, 7) is 7.18. The molecule has 18 heavy (non-hydrogen) atoms. The van der Waals surface area contributed by atoms with Crippen molar-refractivity contribution >= 4 is 11.6 Å². The highest BCUT2D eigenvalue weighted by molar-refractivity contribution is 6.31. The van der Waals surface area contributed by atoms with Crippen molar-refractivity contribution in [1.29, 1.82) is 0 Å². The van der Waals surface area contributed by atoms with Gasteiger partial charge in [0.2, 0.25) is 0 Å². The average molecular weight is 269 g/mol. The molecule has 1 aromatic carbocycles. The standard InChI is InChI=1S/C15H25ClN2/c1-15(2,12-17)9-6-10-18(3)11-13-7-4-5-8-14(13)16/h4-5,7-8H,6,9-12,17H2,1-3H3. The lowest BCUT2D eigenvalue weighted by atomic mass is 9.88. The molecule has 0 fully saturated rings. The van der Waals surface area contributed by atoms with Gasteiger partial charge < -0.3 is 10.6 Å². The van der Waals surface area contributed by atoms with Gasteiger partial charge in [0.05, 0.1) is 0 Å². The third kappa shape index (κ3) is 5.38. The Bertz CT molecular complexity index is 363. The monoisotopic (exact) mass is 268 g/mol. The molecule has 2 N–H and O–H groups in total. The molecule has 102 valence electrons. The summed E-state index contributed by atoms with van der Waals surface area (Å²) in [5.74, 6) is 0. The Morgan fingerprint density at radius 3 is 2.56 bits per heavy atom. The summed E-state index contributed by atoms with van der Waals surface area (Å²) in [6, 6.07) is 8.03.